The van der Waals surface area contributed by atoms with E-state index >= 15 is 0 Å². The number of nitrogens with one attached hydrogen (secondary N) is 1. The van der Waals surface area contributed by atoms with Crippen molar-refractivity contribution in [2.24, 2.45) is 11.8 Å². The van der Waals surface area contributed by atoms with Gasteiger partial charge in [0.1, 0.15) is 17.1 Å². The highest BCUT2D eigenvalue weighted by Gasteiger charge is 2.27. The zero-order valence-corrected chi connectivity index (χ0v) is 22.8. The molecule has 0 aliphatic carbocycles. The number of hydrogen-bond acceptors (Lipinski definition) is 6. The van der Waals surface area contributed by atoms with Crippen molar-refractivity contribution >= 4 is 17.6 Å². The Morgan fingerprint density at radius 2 is 1.62 bits per heavy atom. The maximum Gasteiger partial charge on any atom is 0.308 e. The molecule has 0 heterocycles. The number of carbonyl (C=O) groups excluding carboxylic acids is 2. The minimum absolute atomic E-state index is 0.0424. The van der Waals surface area contributed by atoms with Crippen molar-refractivity contribution in [1.82, 2.24) is 0 Å². The molecule has 0 bridgehead atoms. The van der Waals surface area contributed by atoms with E-state index in [0.29, 0.717) is 44.4 Å². The molecule has 0 saturated carbocycles. The molecule has 0 spiro atoms. The Morgan fingerprint density at radius 3 is 2.19 bits per heavy atom. The first-order chi connectivity index (χ1) is 17.5. The number of unbranched alkanes of at least 4 members (excludes halogenated alkanes) is 1. The van der Waals surface area contributed by atoms with Crippen LogP contribution in [0.25, 0.3) is 0 Å². The molecule has 2 aromatic carbocycles. The number of phenolic OH excluding ortho intramolecular Hbond substituents is 1. The Hall–Kier alpha value is -3.06. The van der Waals surface area contributed by atoms with Crippen LogP contribution >= 0.6 is 0 Å². The molecule has 37 heavy (non-hydrogen) atoms. The molecule has 204 valence electrons. The normalized spacial score (nSPS) is 13.9. The average Bonchev–Trinajstić information content (AvgIpc) is 2.85. The number of anilines is 1. The third-order valence-electron chi connectivity index (χ3n) is 6.18. The molecule has 0 radical (unpaired) electrons. The quantitative estimate of drug-likeness (QED) is 0.161. The number of amides is 1. The molecule has 0 aromatic heterocycles. The first-order valence-corrected chi connectivity index (χ1v) is 13.2. The van der Waals surface area contributed by atoms with Gasteiger partial charge in [-0.05, 0) is 101 Å². The lowest BCUT2D eigenvalue weighted by molar-refractivity contribution is -0.148. The van der Waals surface area contributed by atoms with Crippen LogP contribution in [-0.2, 0) is 14.3 Å². The summed E-state index contributed by atoms with van der Waals surface area (Å²) in [5, 5.41) is 21.4. The fourth-order valence-corrected chi connectivity index (χ4v) is 4.17. The number of ether oxygens (including phenoxy) is 2. The summed E-state index contributed by atoms with van der Waals surface area (Å²) in [6.45, 7) is 10.2. The van der Waals surface area contributed by atoms with Gasteiger partial charge in [0, 0.05) is 18.2 Å². The van der Waals surface area contributed by atoms with Gasteiger partial charge < -0.3 is 25.0 Å². The highest BCUT2D eigenvalue weighted by molar-refractivity contribution is 5.92. The van der Waals surface area contributed by atoms with E-state index in [1.165, 1.54) is 12.1 Å². The number of phenols is 1. The van der Waals surface area contributed by atoms with Gasteiger partial charge in [-0.3, -0.25) is 9.59 Å². The number of aromatic hydroxyl groups is 1. The molecule has 3 unspecified atom stereocenters. The lowest BCUT2D eigenvalue weighted by Gasteiger charge is -2.26. The Labute approximate surface area is 221 Å². The second-order valence-corrected chi connectivity index (χ2v) is 10.6. The number of aliphatic hydroxyl groups is 1. The predicted octanol–water partition coefficient (Wildman–Crippen LogP) is 6.05. The highest BCUT2D eigenvalue weighted by Crippen LogP contribution is 2.34. The smallest absolute Gasteiger partial charge is 0.308 e. The van der Waals surface area contributed by atoms with Gasteiger partial charge in [-0.2, -0.15) is 0 Å². The molecule has 2 rings (SSSR count). The predicted molar refractivity (Wildman–Crippen MR) is 146 cm³/mol. The van der Waals surface area contributed by atoms with Crippen molar-refractivity contribution < 1.29 is 29.3 Å². The molecule has 0 aliphatic rings. The largest absolute Gasteiger partial charge is 0.508 e. The van der Waals surface area contributed by atoms with Gasteiger partial charge in [-0.25, -0.2) is 0 Å². The summed E-state index contributed by atoms with van der Waals surface area (Å²) in [5.41, 5.74) is 1.35. The van der Waals surface area contributed by atoms with Gasteiger partial charge >= 0.3 is 5.97 Å². The lowest BCUT2D eigenvalue weighted by Crippen LogP contribution is -2.26. The van der Waals surface area contributed by atoms with E-state index in [0.717, 1.165) is 11.3 Å². The molecular formula is C30H43NO6. The molecule has 3 N–H and O–H groups in total. The SMILES string of the molecule is CCC(CC(CC(C)C(=O)OCCCCO)c1ccc(OC(C)(C)C)cc1)C(=O)Nc1ccc(O)cc1. The standard InChI is InChI=1S/C30H43NO6/c1-6-22(28(34)31-25-11-13-26(33)14-12-25)20-24(19-21(2)29(35)36-18-8-7-17-32)23-9-15-27(16-10-23)37-30(3,4)5/h9-16,21-22,24,32-33H,6-8,17-20H2,1-5H3,(H,31,34). The number of esters is 1. The molecule has 7 heteroatoms. The zero-order valence-electron chi connectivity index (χ0n) is 22.8. The van der Waals surface area contributed by atoms with Crippen LogP contribution in [-0.4, -0.2) is 40.9 Å². The number of rotatable bonds is 14. The Balaban J connectivity index is 2.18. The Bertz CT molecular complexity index is 965. The second kappa shape index (κ2) is 14.6. The summed E-state index contributed by atoms with van der Waals surface area (Å²) in [7, 11) is 0. The maximum absolute atomic E-state index is 13.1. The summed E-state index contributed by atoms with van der Waals surface area (Å²) in [5.74, 6) is -0.106. The molecule has 7 nitrogen and oxygen atoms in total. The van der Waals surface area contributed by atoms with Crippen LogP contribution in [0, 0.1) is 11.8 Å². The minimum Gasteiger partial charge on any atom is -0.508 e. The van der Waals surface area contributed by atoms with Crippen LogP contribution in [0.5, 0.6) is 11.5 Å². The summed E-state index contributed by atoms with van der Waals surface area (Å²) >= 11 is 0. The Kier molecular flexibility index (Phi) is 11.9. The van der Waals surface area contributed by atoms with Crippen LogP contribution in [0.3, 0.4) is 0 Å². The molecule has 1 amide bonds. The molecule has 3 atom stereocenters. The van der Waals surface area contributed by atoms with Crippen LogP contribution < -0.4 is 10.1 Å². The minimum atomic E-state index is -0.345. The molecule has 0 aliphatic heterocycles. The van der Waals surface area contributed by atoms with Gasteiger partial charge in [-0.15, -0.1) is 0 Å². The number of benzene rings is 2. The van der Waals surface area contributed by atoms with Gasteiger partial charge in [0.25, 0.3) is 0 Å². The van der Waals surface area contributed by atoms with E-state index in [9.17, 15) is 14.7 Å². The van der Waals surface area contributed by atoms with Crippen molar-refractivity contribution in [3.8, 4) is 11.5 Å². The van der Waals surface area contributed by atoms with E-state index in [1.807, 2.05) is 58.9 Å². The molecular weight excluding hydrogens is 470 g/mol. The topological polar surface area (TPSA) is 105 Å². The van der Waals surface area contributed by atoms with Crippen molar-refractivity contribution in [3.05, 3.63) is 54.1 Å². The second-order valence-electron chi connectivity index (χ2n) is 10.6. The molecule has 0 fully saturated rings. The van der Waals surface area contributed by atoms with Gasteiger partial charge in [-0.1, -0.05) is 26.0 Å². The molecule has 0 saturated heterocycles. The van der Waals surface area contributed by atoms with Crippen LogP contribution in [0.1, 0.15) is 78.2 Å². The monoisotopic (exact) mass is 513 g/mol. The van der Waals surface area contributed by atoms with Crippen LogP contribution in [0.4, 0.5) is 5.69 Å². The summed E-state index contributed by atoms with van der Waals surface area (Å²) in [4.78, 5) is 25.8. The lowest BCUT2D eigenvalue weighted by atomic mass is 9.81. The third-order valence-corrected chi connectivity index (χ3v) is 6.18. The first kappa shape index (κ1) is 30.2. The third kappa shape index (κ3) is 10.8. The van der Waals surface area contributed by atoms with E-state index in [4.69, 9.17) is 14.6 Å². The fraction of sp³-hybridized carbons (Fsp3) is 0.533. The zero-order chi connectivity index (χ0) is 27.4. The summed E-state index contributed by atoms with van der Waals surface area (Å²) in [6, 6.07) is 14.3. The van der Waals surface area contributed by atoms with Gasteiger partial charge in [0.2, 0.25) is 5.91 Å². The van der Waals surface area contributed by atoms with Crippen molar-refractivity contribution in [3.63, 3.8) is 0 Å². The van der Waals surface area contributed by atoms with Crippen LogP contribution in [0.2, 0.25) is 0 Å². The van der Waals surface area contributed by atoms with Crippen molar-refractivity contribution in [2.75, 3.05) is 18.5 Å². The Morgan fingerprint density at radius 1 is 0.973 bits per heavy atom. The highest BCUT2D eigenvalue weighted by atomic mass is 16.5. The van der Waals surface area contributed by atoms with E-state index in [2.05, 4.69) is 5.32 Å². The maximum atomic E-state index is 13.1. The van der Waals surface area contributed by atoms with Gasteiger partial charge in [0.15, 0.2) is 0 Å². The van der Waals surface area contributed by atoms with Crippen LogP contribution in [0.15, 0.2) is 48.5 Å². The number of carbonyl (C=O) groups is 2. The summed E-state index contributed by atoms with van der Waals surface area (Å²) in [6.07, 6.45) is 2.99. The van der Waals surface area contributed by atoms with Crippen molar-refractivity contribution in [1.29, 1.82) is 0 Å². The average molecular weight is 514 g/mol. The number of hydrogen-bond donors (Lipinski definition) is 3. The fourth-order valence-electron chi connectivity index (χ4n) is 4.17. The summed E-state index contributed by atoms with van der Waals surface area (Å²) < 4.78 is 11.4. The van der Waals surface area contributed by atoms with E-state index in [1.54, 1.807) is 12.1 Å². The number of aliphatic hydroxyl groups excluding tert-OH is 1. The van der Waals surface area contributed by atoms with Crippen molar-refractivity contribution in [2.45, 2.75) is 78.2 Å². The molecule has 2 aromatic rings. The van der Waals surface area contributed by atoms with E-state index in [-0.39, 0.29) is 47.6 Å². The van der Waals surface area contributed by atoms with Gasteiger partial charge in [0.05, 0.1) is 12.5 Å². The van der Waals surface area contributed by atoms with E-state index < -0.39 is 0 Å². The first-order valence-electron chi connectivity index (χ1n) is 13.2.